The first-order valence-corrected chi connectivity index (χ1v) is 5.90. The molecule has 0 saturated heterocycles. The summed E-state index contributed by atoms with van der Waals surface area (Å²) in [6, 6.07) is 4.47. The van der Waals surface area contributed by atoms with Gasteiger partial charge in [-0.15, -0.1) is 0 Å². The number of hydrogen-bond acceptors (Lipinski definition) is 4. The first kappa shape index (κ1) is 15.4. The van der Waals surface area contributed by atoms with Crippen LogP contribution in [0.15, 0.2) is 24.3 Å². The molecule has 20 heavy (non-hydrogen) atoms. The Kier molecular flexibility index (Phi) is 5.45. The lowest BCUT2D eigenvalue weighted by Crippen LogP contribution is -2.44. The van der Waals surface area contributed by atoms with E-state index in [2.05, 4.69) is 10.6 Å². The van der Waals surface area contributed by atoms with Gasteiger partial charge in [0.1, 0.15) is 6.04 Å². The summed E-state index contributed by atoms with van der Waals surface area (Å²) in [6.07, 6.45) is 0.493. The van der Waals surface area contributed by atoms with Gasteiger partial charge in [0, 0.05) is 18.7 Å². The lowest BCUT2D eigenvalue weighted by molar-refractivity contribution is -0.384. The number of benzene rings is 1. The number of carbonyl (C=O) groups is 2. The molecular weight excluding hydrogens is 266 g/mol. The van der Waals surface area contributed by atoms with Crippen LogP contribution in [0, 0.1) is 10.1 Å². The molecule has 0 aliphatic rings. The summed E-state index contributed by atoms with van der Waals surface area (Å²) in [5.41, 5.74) is 0.844. The molecule has 0 heterocycles. The molecule has 0 spiro atoms. The van der Waals surface area contributed by atoms with Crippen LogP contribution in [-0.4, -0.2) is 34.6 Å². The summed E-state index contributed by atoms with van der Waals surface area (Å²) in [7, 11) is 0. The van der Waals surface area contributed by atoms with Crippen molar-refractivity contribution < 1.29 is 19.6 Å². The number of urea groups is 1. The molecular formula is C12H15N3O5. The van der Waals surface area contributed by atoms with Crippen molar-refractivity contribution >= 4 is 17.7 Å². The van der Waals surface area contributed by atoms with Crippen LogP contribution in [0.1, 0.15) is 12.5 Å². The summed E-state index contributed by atoms with van der Waals surface area (Å²) in [5, 5.41) is 23.8. The van der Waals surface area contributed by atoms with Gasteiger partial charge in [-0.05, 0) is 18.9 Å². The third-order valence-electron chi connectivity index (χ3n) is 2.56. The minimum absolute atomic E-state index is 0.00901. The molecule has 108 valence electrons. The number of nitro benzene ring substituents is 1. The first-order chi connectivity index (χ1) is 9.40. The summed E-state index contributed by atoms with van der Waals surface area (Å²) in [6.45, 7) is 1.66. The maximum absolute atomic E-state index is 11.3. The molecule has 8 nitrogen and oxygen atoms in total. The average Bonchev–Trinajstić information content (AvgIpc) is 2.39. The Morgan fingerprint density at radius 1 is 1.35 bits per heavy atom. The van der Waals surface area contributed by atoms with E-state index in [1.807, 2.05) is 0 Å². The molecule has 0 aliphatic carbocycles. The van der Waals surface area contributed by atoms with Gasteiger partial charge < -0.3 is 15.7 Å². The number of rotatable bonds is 6. The number of carboxylic acid groups (broad SMARTS) is 1. The van der Waals surface area contributed by atoms with Gasteiger partial charge in [0.15, 0.2) is 0 Å². The molecule has 1 aromatic rings. The third-order valence-corrected chi connectivity index (χ3v) is 2.56. The van der Waals surface area contributed by atoms with E-state index in [1.165, 1.54) is 19.1 Å². The Morgan fingerprint density at radius 3 is 2.45 bits per heavy atom. The van der Waals surface area contributed by atoms with Crippen molar-refractivity contribution in [3.05, 3.63) is 39.9 Å². The Morgan fingerprint density at radius 2 is 1.95 bits per heavy atom. The highest BCUT2D eigenvalue weighted by Gasteiger charge is 2.13. The standard InChI is InChI=1S/C12H15N3O5/c1-8(11(16)17)14-12(18)13-7-6-9-2-4-10(5-3-9)15(19)20/h2-5,8H,6-7H2,1H3,(H,16,17)(H2,13,14,18)/t8-/m1/s1. The number of carbonyl (C=O) groups excluding carboxylic acids is 1. The van der Waals surface area contributed by atoms with Crippen LogP contribution in [0.2, 0.25) is 0 Å². The lowest BCUT2D eigenvalue weighted by atomic mass is 10.1. The smallest absolute Gasteiger partial charge is 0.325 e. The topological polar surface area (TPSA) is 122 Å². The number of hydrogen-bond donors (Lipinski definition) is 3. The number of amides is 2. The molecule has 1 aromatic carbocycles. The van der Waals surface area contributed by atoms with Crippen molar-refractivity contribution in [3.8, 4) is 0 Å². The van der Waals surface area contributed by atoms with E-state index < -0.39 is 23.0 Å². The maximum Gasteiger partial charge on any atom is 0.325 e. The number of non-ortho nitro benzene ring substituents is 1. The van der Waals surface area contributed by atoms with Gasteiger partial charge in [-0.25, -0.2) is 4.79 Å². The highest BCUT2D eigenvalue weighted by Crippen LogP contribution is 2.11. The van der Waals surface area contributed by atoms with Crippen LogP contribution in [0.4, 0.5) is 10.5 Å². The number of nitrogens with zero attached hydrogens (tertiary/aromatic N) is 1. The molecule has 0 unspecified atom stereocenters. The number of carboxylic acids is 1. The Bertz CT molecular complexity index is 500. The van der Waals surface area contributed by atoms with Crippen LogP contribution >= 0.6 is 0 Å². The fourth-order valence-electron chi connectivity index (χ4n) is 1.41. The van der Waals surface area contributed by atoms with E-state index >= 15 is 0 Å². The van der Waals surface area contributed by atoms with E-state index in [9.17, 15) is 19.7 Å². The zero-order valence-corrected chi connectivity index (χ0v) is 10.8. The highest BCUT2D eigenvalue weighted by atomic mass is 16.6. The number of nitro groups is 1. The summed E-state index contributed by atoms with van der Waals surface area (Å²) in [4.78, 5) is 31.8. The van der Waals surface area contributed by atoms with E-state index in [0.717, 1.165) is 5.56 Å². The van der Waals surface area contributed by atoms with E-state index in [-0.39, 0.29) is 5.69 Å². The van der Waals surface area contributed by atoms with Crippen molar-refractivity contribution in [3.63, 3.8) is 0 Å². The van der Waals surface area contributed by atoms with Gasteiger partial charge in [0.2, 0.25) is 0 Å². The Labute approximate surface area is 114 Å². The van der Waals surface area contributed by atoms with E-state index in [0.29, 0.717) is 13.0 Å². The van der Waals surface area contributed by atoms with Gasteiger partial charge >= 0.3 is 12.0 Å². The summed E-state index contributed by atoms with van der Waals surface area (Å²) in [5.74, 6) is -1.12. The summed E-state index contributed by atoms with van der Waals surface area (Å²) >= 11 is 0. The molecule has 0 radical (unpaired) electrons. The molecule has 0 aliphatic heterocycles. The van der Waals surface area contributed by atoms with Gasteiger partial charge in [0.25, 0.3) is 5.69 Å². The van der Waals surface area contributed by atoms with Crippen molar-refractivity contribution in [2.45, 2.75) is 19.4 Å². The van der Waals surface area contributed by atoms with Crippen molar-refractivity contribution in [1.29, 1.82) is 0 Å². The zero-order valence-electron chi connectivity index (χ0n) is 10.8. The molecule has 0 aromatic heterocycles. The van der Waals surface area contributed by atoms with E-state index in [1.54, 1.807) is 12.1 Å². The fourth-order valence-corrected chi connectivity index (χ4v) is 1.41. The third kappa shape index (κ3) is 4.92. The number of aliphatic carboxylic acids is 1. The monoisotopic (exact) mass is 281 g/mol. The normalized spacial score (nSPS) is 11.4. The van der Waals surface area contributed by atoms with Crippen LogP contribution in [0.5, 0.6) is 0 Å². The molecule has 0 fully saturated rings. The van der Waals surface area contributed by atoms with Gasteiger partial charge in [-0.1, -0.05) is 12.1 Å². The minimum atomic E-state index is -1.12. The molecule has 3 N–H and O–H groups in total. The predicted octanol–water partition coefficient (Wildman–Crippen LogP) is 0.910. The van der Waals surface area contributed by atoms with Gasteiger partial charge in [-0.2, -0.15) is 0 Å². The maximum atomic E-state index is 11.3. The second-order valence-electron chi connectivity index (χ2n) is 4.13. The Balaban J connectivity index is 2.35. The lowest BCUT2D eigenvalue weighted by Gasteiger charge is -2.10. The molecule has 0 bridgehead atoms. The van der Waals surface area contributed by atoms with Crippen molar-refractivity contribution in [2.75, 3.05) is 6.54 Å². The SMILES string of the molecule is C[C@@H](NC(=O)NCCc1ccc([N+](=O)[O-])cc1)C(=O)O. The predicted molar refractivity (Wildman–Crippen MR) is 70.4 cm³/mol. The highest BCUT2D eigenvalue weighted by molar-refractivity contribution is 5.82. The fraction of sp³-hybridized carbons (Fsp3) is 0.333. The van der Waals surface area contributed by atoms with Crippen LogP contribution in [-0.2, 0) is 11.2 Å². The number of nitrogens with one attached hydrogen (secondary N) is 2. The minimum Gasteiger partial charge on any atom is -0.480 e. The zero-order chi connectivity index (χ0) is 15.1. The van der Waals surface area contributed by atoms with Crippen molar-refractivity contribution in [1.82, 2.24) is 10.6 Å². The average molecular weight is 281 g/mol. The molecule has 1 rings (SSSR count). The van der Waals surface area contributed by atoms with Crippen LogP contribution in [0.25, 0.3) is 0 Å². The Hall–Kier alpha value is -2.64. The van der Waals surface area contributed by atoms with Crippen LogP contribution < -0.4 is 10.6 Å². The second-order valence-corrected chi connectivity index (χ2v) is 4.13. The first-order valence-electron chi connectivity index (χ1n) is 5.90. The molecule has 0 saturated carbocycles. The van der Waals surface area contributed by atoms with Crippen LogP contribution in [0.3, 0.4) is 0 Å². The molecule has 8 heteroatoms. The quantitative estimate of drug-likeness (QED) is 0.528. The van der Waals surface area contributed by atoms with E-state index in [4.69, 9.17) is 5.11 Å². The molecule has 1 atom stereocenters. The molecule has 2 amide bonds. The largest absolute Gasteiger partial charge is 0.480 e. The van der Waals surface area contributed by atoms with Gasteiger partial charge in [0.05, 0.1) is 4.92 Å². The summed E-state index contributed by atoms with van der Waals surface area (Å²) < 4.78 is 0. The van der Waals surface area contributed by atoms with Crippen molar-refractivity contribution in [2.24, 2.45) is 0 Å². The van der Waals surface area contributed by atoms with Gasteiger partial charge in [-0.3, -0.25) is 14.9 Å². The second kappa shape index (κ2) is 7.07.